The highest BCUT2D eigenvalue weighted by atomic mass is 79.9. The second-order valence-corrected chi connectivity index (χ2v) is 2.67. The summed E-state index contributed by atoms with van der Waals surface area (Å²) in [5, 5.41) is 9.16. The van der Waals surface area contributed by atoms with Crippen LogP contribution in [0.1, 0.15) is 11.9 Å². The highest BCUT2D eigenvalue weighted by Crippen LogP contribution is 2.24. The molecule has 0 saturated carbocycles. The number of rotatable bonds is 2. The summed E-state index contributed by atoms with van der Waals surface area (Å²) in [6, 6.07) is 1.72. The molecule has 3 heteroatoms. The Kier molecular flexibility index (Phi) is 2.29. The van der Waals surface area contributed by atoms with Gasteiger partial charge in [-0.25, -0.2) is 0 Å². The molecule has 0 aliphatic heterocycles. The average Bonchev–Trinajstić information content (AvgIpc) is 2.34. The molecule has 0 bridgehead atoms. The zero-order chi connectivity index (χ0) is 7.56. The zero-order valence-electron chi connectivity index (χ0n) is 5.25. The van der Waals surface area contributed by atoms with E-state index in [2.05, 4.69) is 22.5 Å². The van der Waals surface area contributed by atoms with E-state index in [0.717, 1.165) is 4.47 Å². The number of hydrogen-bond acceptors (Lipinski definition) is 2. The average molecular weight is 203 g/mol. The van der Waals surface area contributed by atoms with Crippen molar-refractivity contribution in [2.75, 3.05) is 0 Å². The molecule has 0 amide bonds. The minimum absolute atomic E-state index is 0.495. The second-order valence-electron chi connectivity index (χ2n) is 1.81. The molecule has 0 aromatic carbocycles. The van der Waals surface area contributed by atoms with Crippen molar-refractivity contribution in [3.05, 3.63) is 35.2 Å². The number of furan rings is 1. The van der Waals surface area contributed by atoms with Gasteiger partial charge in [-0.15, -0.1) is 6.58 Å². The fourth-order valence-electron chi connectivity index (χ4n) is 0.624. The fraction of sp³-hybridized carbons (Fsp3) is 0.143. The Hall–Kier alpha value is -0.540. The molecule has 0 aliphatic carbocycles. The highest BCUT2D eigenvalue weighted by Gasteiger charge is 2.09. The Morgan fingerprint density at radius 3 is 2.90 bits per heavy atom. The maximum absolute atomic E-state index is 9.16. The molecule has 0 spiro atoms. The lowest BCUT2D eigenvalue weighted by molar-refractivity contribution is 0.196. The van der Waals surface area contributed by atoms with Crippen molar-refractivity contribution >= 4 is 15.9 Å². The molecule has 0 radical (unpaired) electrons. The largest absolute Gasteiger partial charge is 0.465 e. The summed E-state index contributed by atoms with van der Waals surface area (Å²) < 4.78 is 5.71. The predicted octanol–water partition coefficient (Wildman–Crippen LogP) is 2.26. The van der Waals surface area contributed by atoms with Crippen molar-refractivity contribution in [1.82, 2.24) is 0 Å². The molecule has 0 aliphatic rings. The molecule has 1 heterocycles. The van der Waals surface area contributed by atoms with Crippen LogP contribution in [-0.2, 0) is 0 Å². The third kappa shape index (κ3) is 1.30. The van der Waals surface area contributed by atoms with Crippen molar-refractivity contribution in [3.8, 4) is 0 Å². The molecule has 2 nitrogen and oxygen atoms in total. The maximum atomic E-state index is 9.16. The molecule has 10 heavy (non-hydrogen) atoms. The van der Waals surface area contributed by atoms with Gasteiger partial charge in [0.2, 0.25) is 0 Å². The Balaban J connectivity index is 2.92. The van der Waals surface area contributed by atoms with Gasteiger partial charge in [0.15, 0.2) is 0 Å². The fourth-order valence-corrected chi connectivity index (χ4v) is 1.06. The minimum atomic E-state index is -0.718. The van der Waals surface area contributed by atoms with Gasteiger partial charge in [-0.2, -0.15) is 0 Å². The topological polar surface area (TPSA) is 33.4 Å². The van der Waals surface area contributed by atoms with Crippen molar-refractivity contribution in [2.45, 2.75) is 6.10 Å². The van der Waals surface area contributed by atoms with Gasteiger partial charge in [0.25, 0.3) is 0 Å². The van der Waals surface area contributed by atoms with Crippen LogP contribution in [0.4, 0.5) is 0 Å². The van der Waals surface area contributed by atoms with Gasteiger partial charge >= 0.3 is 0 Å². The van der Waals surface area contributed by atoms with Crippen LogP contribution in [0.25, 0.3) is 0 Å². The summed E-state index contributed by atoms with van der Waals surface area (Å²) in [6.07, 6.45) is 2.19. The predicted molar refractivity (Wildman–Crippen MR) is 41.6 cm³/mol. The third-order valence-corrected chi connectivity index (χ3v) is 1.79. The monoisotopic (exact) mass is 202 g/mol. The Bertz CT molecular complexity index is 229. The summed E-state index contributed by atoms with van der Waals surface area (Å²) in [4.78, 5) is 0. The van der Waals surface area contributed by atoms with Crippen molar-refractivity contribution in [3.63, 3.8) is 0 Å². The van der Waals surface area contributed by atoms with Crippen LogP contribution in [0.2, 0.25) is 0 Å². The van der Waals surface area contributed by atoms with E-state index in [0.29, 0.717) is 5.76 Å². The van der Waals surface area contributed by atoms with Crippen LogP contribution < -0.4 is 0 Å². The first-order valence-corrected chi connectivity index (χ1v) is 3.58. The van der Waals surface area contributed by atoms with Crippen LogP contribution in [0.5, 0.6) is 0 Å². The van der Waals surface area contributed by atoms with E-state index < -0.39 is 6.10 Å². The quantitative estimate of drug-likeness (QED) is 0.747. The third-order valence-electron chi connectivity index (χ3n) is 1.14. The molecular weight excluding hydrogens is 196 g/mol. The van der Waals surface area contributed by atoms with Gasteiger partial charge in [-0.1, -0.05) is 6.08 Å². The lowest BCUT2D eigenvalue weighted by Gasteiger charge is -1.99. The van der Waals surface area contributed by atoms with Gasteiger partial charge in [0, 0.05) is 0 Å². The van der Waals surface area contributed by atoms with E-state index in [4.69, 9.17) is 9.52 Å². The molecule has 0 saturated heterocycles. The van der Waals surface area contributed by atoms with E-state index in [1.807, 2.05) is 0 Å². The number of aliphatic hydroxyl groups is 1. The summed E-state index contributed by atoms with van der Waals surface area (Å²) >= 11 is 3.21. The van der Waals surface area contributed by atoms with Crippen LogP contribution in [0, 0.1) is 0 Å². The number of aliphatic hydroxyl groups excluding tert-OH is 1. The van der Waals surface area contributed by atoms with Crippen LogP contribution in [-0.4, -0.2) is 5.11 Å². The molecule has 1 aromatic heterocycles. The lowest BCUT2D eigenvalue weighted by atomic mass is 10.3. The van der Waals surface area contributed by atoms with Crippen molar-refractivity contribution < 1.29 is 9.52 Å². The molecule has 1 N–H and O–H groups in total. The Morgan fingerprint density at radius 1 is 1.80 bits per heavy atom. The maximum Gasteiger partial charge on any atom is 0.150 e. The normalized spacial score (nSPS) is 13.0. The van der Waals surface area contributed by atoms with Crippen LogP contribution in [0.15, 0.2) is 33.9 Å². The molecule has 0 fully saturated rings. The summed E-state index contributed by atoms with van der Waals surface area (Å²) in [5.74, 6) is 0.495. The number of halogens is 1. The first kappa shape index (κ1) is 7.57. The standard InChI is InChI=1S/C7H7BrO2/c1-2-6(9)7-5(8)3-4-10-7/h2-4,6,9H,1H2. The van der Waals surface area contributed by atoms with Gasteiger partial charge in [-0.05, 0) is 22.0 Å². The molecule has 1 aromatic rings. The summed E-state index contributed by atoms with van der Waals surface area (Å²) in [6.45, 7) is 3.43. The lowest BCUT2D eigenvalue weighted by Crippen LogP contribution is -1.89. The van der Waals surface area contributed by atoms with Crippen LogP contribution >= 0.6 is 15.9 Å². The molecule has 1 atom stereocenters. The van der Waals surface area contributed by atoms with Gasteiger partial charge in [0.1, 0.15) is 11.9 Å². The van der Waals surface area contributed by atoms with E-state index in [-0.39, 0.29) is 0 Å². The van der Waals surface area contributed by atoms with E-state index in [1.165, 1.54) is 12.3 Å². The molecule has 1 rings (SSSR count). The van der Waals surface area contributed by atoms with Gasteiger partial charge in [0.05, 0.1) is 10.7 Å². The first-order valence-electron chi connectivity index (χ1n) is 2.79. The first-order chi connectivity index (χ1) is 4.75. The number of hydrogen-bond donors (Lipinski definition) is 1. The SMILES string of the molecule is C=CC(O)c1occc1Br. The van der Waals surface area contributed by atoms with Crippen molar-refractivity contribution in [2.24, 2.45) is 0 Å². The minimum Gasteiger partial charge on any atom is -0.465 e. The van der Waals surface area contributed by atoms with Crippen LogP contribution in [0.3, 0.4) is 0 Å². The Labute approximate surface area is 67.3 Å². The van der Waals surface area contributed by atoms with E-state index in [1.54, 1.807) is 6.07 Å². The van der Waals surface area contributed by atoms with Crippen molar-refractivity contribution in [1.29, 1.82) is 0 Å². The Morgan fingerprint density at radius 2 is 2.50 bits per heavy atom. The summed E-state index contributed by atoms with van der Waals surface area (Å²) in [5.41, 5.74) is 0. The summed E-state index contributed by atoms with van der Waals surface area (Å²) in [7, 11) is 0. The smallest absolute Gasteiger partial charge is 0.150 e. The van der Waals surface area contributed by atoms with Gasteiger partial charge < -0.3 is 9.52 Å². The molecular formula is C7H7BrO2. The molecule has 1 unspecified atom stereocenters. The second kappa shape index (κ2) is 3.03. The zero-order valence-corrected chi connectivity index (χ0v) is 6.84. The van der Waals surface area contributed by atoms with E-state index >= 15 is 0 Å². The van der Waals surface area contributed by atoms with E-state index in [9.17, 15) is 0 Å². The highest BCUT2D eigenvalue weighted by molar-refractivity contribution is 9.10. The van der Waals surface area contributed by atoms with Gasteiger partial charge in [-0.3, -0.25) is 0 Å². The molecule has 54 valence electrons.